The van der Waals surface area contributed by atoms with Crippen LogP contribution in [-0.2, 0) is 13.6 Å². The van der Waals surface area contributed by atoms with Gasteiger partial charge in [-0.1, -0.05) is 0 Å². The summed E-state index contributed by atoms with van der Waals surface area (Å²) >= 11 is 0. The van der Waals surface area contributed by atoms with Gasteiger partial charge >= 0.3 is 0 Å². The molecule has 0 fully saturated rings. The molecule has 1 N–H and O–H groups in total. The van der Waals surface area contributed by atoms with Gasteiger partial charge in [-0.25, -0.2) is 0 Å². The summed E-state index contributed by atoms with van der Waals surface area (Å²) in [6.07, 6.45) is 3.75. The number of aromatic nitrogens is 1. The van der Waals surface area contributed by atoms with Gasteiger partial charge in [0.2, 0.25) is 0 Å². The van der Waals surface area contributed by atoms with E-state index in [-0.39, 0.29) is 6.04 Å². The zero-order valence-electron chi connectivity index (χ0n) is 9.10. The summed E-state index contributed by atoms with van der Waals surface area (Å²) in [6.45, 7) is 2.95. The van der Waals surface area contributed by atoms with Crippen molar-refractivity contribution in [3.05, 3.63) is 48.2 Å². The van der Waals surface area contributed by atoms with Crippen LogP contribution < -0.4 is 5.32 Å². The van der Waals surface area contributed by atoms with Crippen molar-refractivity contribution in [2.45, 2.75) is 19.5 Å². The summed E-state index contributed by atoms with van der Waals surface area (Å²) in [7, 11) is 2.05. The van der Waals surface area contributed by atoms with Crippen molar-refractivity contribution in [3.8, 4) is 0 Å². The number of furan rings is 1. The molecule has 3 nitrogen and oxygen atoms in total. The highest BCUT2D eigenvalue weighted by atomic mass is 16.3. The molecule has 0 bridgehead atoms. The van der Waals surface area contributed by atoms with Gasteiger partial charge in [-0.05, 0) is 31.2 Å². The zero-order valence-corrected chi connectivity index (χ0v) is 9.10. The SMILES string of the molecule is C[C@@H](NCc1cccn1C)c1ccco1. The highest BCUT2D eigenvalue weighted by molar-refractivity contribution is 5.08. The molecule has 2 aromatic rings. The maximum atomic E-state index is 5.33. The molecule has 0 amide bonds. The average Bonchev–Trinajstić information content (AvgIpc) is 2.85. The van der Waals surface area contributed by atoms with E-state index in [9.17, 15) is 0 Å². The molecule has 80 valence electrons. The maximum Gasteiger partial charge on any atom is 0.120 e. The van der Waals surface area contributed by atoms with Crippen molar-refractivity contribution in [2.75, 3.05) is 0 Å². The van der Waals surface area contributed by atoms with E-state index in [1.807, 2.05) is 12.1 Å². The van der Waals surface area contributed by atoms with Crippen LogP contribution in [0.25, 0.3) is 0 Å². The fourth-order valence-corrected chi connectivity index (χ4v) is 1.58. The summed E-state index contributed by atoms with van der Waals surface area (Å²) in [5.41, 5.74) is 1.27. The Bertz CT molecular complexity index is 403. The Morgan fingerprint density at radius 1 is 1.40 bits per heavy atom. The molecule has 0 spiro atoms. The molecule has 2 aromatic heterocycles. The minimum absolute atomic E-state index is 0.245. The normalized spacial score (nSPS) is 12.9. The lowest BCUT2D eigenvalue weighted by atomic mass is 10.2. The Morgan fingerprint density at radius 3 is 2.87 bits per heavy atom. The molecule has 1 atom stereocenters. The molecule has 2 rings (SSSR count). The van der Waals surface area contributed by atoms with Crippen LogP contribution in [0.4, 0.5) is 0 Å². The quantitative estimate of drug-likeness (QED) is 0.829. The summed E-state index contributed by atoms with van der Waals surface area (Å²) < 4.78 is 7.44. The third-order valence-corrected chi connectivity index (χ3v) is 2.61. The summed E-state index contributed by atoms with van der Waals surface area (Å²) in [4.78, 5) is 0. The van der Waals surface area contributed by atoms with E-state index in [4.69, 9.17) is 4.42 Å². The van der Waals surface area contributed by atoms with Gasteiger partial charge in [0.1, 0.15) is 5.76 Å². The molecule has 0 radical (unpaired) electrons. The number of rotatable bonds is 4. The first-order valence-electron chi connectivity index (χ1n) is 5.14. The van der Waals surface area contributed by atoms with Crippen molar-refractivity contribution in [2.24, 2.45) is 7.05 Å². The van der Waals surface area contributed by atoms with Crippen molar-refractivity contribution in [3.63, 3.8) is 0 Å². The molecule has 0 aromatic carbocycles. The lowest BCUT2D eigenvalue weighted by molar-refractivity contribution is 0.427. The Kier molecular flexibility index (Phi) is 2.92. The van der Waals surface area contributed by atoms with Crippen LogP contribution in [-0.4, -0.2) is 4.57 Å². The van der Waals surface area contributed by atoms with Crippen LogP contribution in [0.5, 0.6) is 0 Å². The van der Waals surface area contributed by atoms with E-state index in [1.165, 1.54) is 5.69 Å². The highest BCUT2D eigenvalue weighted by Gasteiger charge is 2.07. The van der Waals surface area contributed by atoms with Crippen LogP contribution in [0, 0.1) is 0 Å². The summed E-state index contributed by atoms with van der Waals surface area (Å²) in [5.74, 6) is 0.976. The second-order valence-corrected chi connectivity index (χ2v) is 3.73. The first-order chi connectivity index (χ1) is 7.27. The fourth-order valence-electron chi connectivity index (χ4n) is 1.58. The molecule has 0 saturated heterocycles. The second kappa shape index (κ2) is 4.36. The molecule has 0 aliphatic carbocycles. The van der Waals surface area contributed by atoms with E-state index >= 15 is 0 Å². The van der Waals surface area contributed by atoms with Crippen LogP contribution in [0.15, 0.2) is 41.1 Å². The number of aryl methyl sites for hydroxylation is 1. The van der Waals surface area contributed by atoms with Gasteiger partial charge in [-0.2, -0.15) is 0 Å². The van der Waals surface area contributed by atoms with Gasteiger partial charge in [0.25, 0.3) is 0 Å². The fraction of sp³-hybridized carbons (Fsp3) is 0.333. The number of hydrogen-bond acceptors (Lipinski definition) is 2. The number of nitrogens with one attached hydrogen (secondary N) is 1. The van der Waals surface area contributed by atoms with E-state index in [0.29, 0.717) is 0 Å². The largest absolute Gasteiger partial charge is 0.468 e. The molecule has 0 aliphatic heterocycles. The second-order valence-electron chi connectivity index (χ2n) is 3.73. The van der Waals surface area contributed by atoms with Crippen LogP contribution in [0.2, 0.25) is 0 Å². The van der Waals surface area contributed by atoms with Gasteiger partial charge in [0.15, 0.2) is 0 Å². The standard InChI is InChI=1S/C12H16N2O/c1-10(12-6-4-8-15-12)13-9-11-5-3-7-14(11)2/h3-8,10,13H,9H2,1-2H3/t10-/m1/s1. The third-order valence-electron chi connectivity index (χ3n) is 2.61. The molecule has 15 heavy (non-hydrogen) atoms. The van der Waals surface area contributed by atoms with Crippen LogP contribution in [0.1, 0.15) is 24.4 Å². The molecule has 3 heteroatoms. The van der Waals surface area contributed by atoms with E-state index in [2.05, 4.69) is 42.2 Å². The highest BCUT2D eigenvalue weighted by Crippen LogP contribution is 2.13. The van der Waals surface area contributed by atoms with Gasteiger partial charge in [-0.3, -0.25) is 0 Å². The smallest absolute Gasteiger partial charge is 0.120 e. The lowest BCUT2D eigenvalue weighted by Gasteiger charge is -2.11. The molecule has 0 aliphatic rings. The summed E-state index contributed by atoms with van der Waals surface area (Å²) in [5, 5.41) is 3.41. The van der Waals surface area contributed by atoms with Gasteiger partial charge in [0.05, 0.1) is 12.3 Å². The monoisotopic (exact) mass is 204 g/mol. The molecule has 2 heterocycles. The van der Waals surface area contributed by atoms with Gasteiger partial charge in [0, 0.05) is 25.5 Å². The average molecular weight is 204 g/mol. The van der Waals surface area contributed by atoms with Crippen LogP contribution >= 0.6 is 0 Å². The molecular formula is C12H16N2O. The first-order valence-corrected chi connectivity index (χ1v) is 5.14. The summed E-state index contributed by atoms with van der Waals surface area (Å²) in [6, 6.07) is 8.31. The zero-order chi connectivity index (χ0) is 10.7. The maximum absolute atomic E-state index is 5.33. The predicted octanol–water partition coefficient (Wildman–Crippen LogP) is 2.47. The minimum atomic E-state index is 0.245. The first kappa shape index (κ1) is 10.1. The Morgan fingerprint density at radius 2 is 2.27 bits per heavy atom. The van der Waals surface area contributed by atoms with Crippen molar-refractivity contribution >= 4 is 0 Å². The molecule has 0 saturated carbocycles. The predicted molar refractivity (Wildman–Crippen MR) is 59.4 cm³/mol. The lowest BCUT2D eigenvalue weighted by Crippen LogP contribution is -2.18. The van der Waals surface area contributed by atoms with E-state index < -0.39 is 0 Å². The third kappa shape index (κ3) is 2.30. The van der Waals surface area contributed by atoms with E-state index in [1.54, 1.807) is 6.26 Å². The van der Waals surface area contributed by atoms with Crippen molar-refractivity contribution in [1.82, 2.24) is 9.88 Å². The van der Waals surface area contributed by atoms with Crippen molar-refractivity contribution < 1.29 is 4.42 Å². The molecule has 0 unspecified atom stereocenters. The molecular weight excluding hydrogens is 188 g/mol. The van der Waals surface area contributed by atoms with Gasteiger partial charge in [-0.15, -0.1) is 0 Å². The Balaban J connectivity index is 1.91. The van der Waals surface area contributed by atoms with Crippen LogP contribution in [0.3, 0.4) is 0 Å². The Hall–Kier alpha value is -1.48. The van der Waals surface area contributed by atoms with E-state index in [0.717, 1.165) is 12.3 Å². The topological polar surface area (TPSA) is 30.1 Å². The van der Waals surface area contributed by atoms with Crippen molar-refractivity contribution in [1.29, 1.82) is 0 Å². The number of nitrogens with zero attached hydrogens (tertiary/aromatic N) is 1. The Labute approximate surface area is 89.7 Å². The number of hydrogen-bond donors (Lipinski definition) is 1. The van der Waals surface area contributed by atoms with Gasteiger partial charge < -0.3 is 14.3 Å². The minimum Gasteiger partial charge on any atom is -0.468 e.